The van der Waals surface area contributed by atoms with Crippen molar-refractivity contribution in [2.45, 2.75) is 32.4 Å². The lowest BCUT2D eigenvalue weighted by molar-refractivity contribution is -0.753. The van der Waals surface area contributed by atoms with Gasteiger partial charge in [0.05, 0.1) is 16.3 Å². The number of non-ortho nitro benzene ring substituents is 2. The van der Waals surface area contributed by atoms with Gasteiger partial charge in [0.25, 0.3) is 11.4 Å². The third-order valence-electron chi connectivity index (χ3n) is 6.60. The molecule has 0 aliphatic heterocycles. The Kier molecular flexibility index (Phi) is 8.68. The van der Waals surface area contributed by atoms with Crippen LogP contribution in [0.1, 0.15) is 54.6 Å². The highest BCUT2D eigenvalue weighted by atomic mass is 16.6. The second-order valence-electron chi connectivity index (χ2n) is 9.46. The topological polar surface area (TPSA) is 94.0 Å². The molecule has 39 heavy (non-hydrogen) atoms. The molecule has 0 saturated carbocycles. The van der Waals surface area contributed by atoms with Crippen molar-refractivity contribution in [3.8, 4) is 0 Å². The third kappa shape index (κ3) is 7.52. The van der Waals surface area contributed by atoms with Crippen LogP contribution in [0.2, 0.25) is 0 Å². The van der Waals surface area contributed by atoms with E-state index in [0.717, 1.165) is 28.7 Å². The van der Waals surface area contributed by atoms with Gasteiger partial charge < -0.3 is 0 Å². The summed E-state index contributed by atoms with van der Waals surface area (Å²) in [5.74, 6) is 0. The number of hydrogen-bond acceptors (Lipinski definition) is 4. The fraction of sp³-hybridized carbons (Fsp3) is 0.161. The maximum absolute atomic E-state index is 10.8. The van der Waals surface area contributed by atoms with E-state index in [1.54, 1.807) is 24.3 Å². The first-order valence-corrected chi connectivity index (χ1v) is 12.7. The molecule has 4 aromatic rings. The van der Waals surface area contributed by atoms with Crippen LogP contribution in [0.3, 0.4) is 0 Å². The standard InChI is InChI=1S/C31H30N4O4/c1-24(32-19-15-28(16-20-32)5-3-26-7-11-30(12-8-26)34(36)37)23-25(2)33-21-17-29(18-22-33)6-4-27-9-13-31(14-10-27)35(38)39/h3-22,24-25H,23H2,1-2H3/q+2/b5-3+,6-4+/t24-,25+. The number of rotatable bonds is 10. The van der Waals surface area contributed by atoms with Crippen LogP contribution in [0.25, 0.3) is 24.3 Å². The molecule has 8 heteroatoms. The van der Waals surface area contributed by atoms with Gasteiger partial charge in [-0.25, -0.2) is 9.13 Å². The fourth-order valence-electron chi connectivity index (χ4n) is 4.25. The zero-order valence-electron chi connectivity index (χ0n) is 21.8. The number of pyridine rings is 2. The van der Waals surface area contributed by atoms with E-state index in [4.69, 9.17) is 0 Å². The Bertz CT molecular complexity index is 1360. The molecular formula is C31H30N4O4+2. The monoisotopic (exact) mass is 522 g/mol. The summed E-state index contributed by atoms with van der Waals surface area (Å²) in [6.45, 7) is 4.40. The van der Waals surface area contributed by atoms with E-state index in [2.05, 4.69) is 72.0 Å². The molecule has 0 amide bonds. The van der Waals surface area contributed by atoms with Crippen molar-refractivity contribution < 1.29 is 19.0 Å². The average molecular weight is 523 g/mol. The van der Waals surface area contributed by atoms with E-state index in [9.17, 15) is 20.2 Å². The lowest BCUT2D eigenvalue weighted by atomic mass is 10.1. The molecule has 4 rings (SSSR count). The molecule has 0 unspecified atom stereocenters. The Morgan fingerprint density at radius 3 is 1.13 bits per heavy atom. The summed E-state index contributed by atoms with van der Waals surface area (Å²) in [7, 11) is 0. The molecule has 0 radical (unpaired) electrons. The van der Waals surface area contributed by atoms with E-state index in [1.165, 1.54) is 24.3 Å². The lowest BCUT2D eigenvalue weighted by Gasteiger charge is -2.11. The van der Waals surface area contributed by atoms with Crippen molar-refractivity contribution in [3.05, 3.63) is 140 Å². The maximum Gasteiger partial charge on any atom is 0.269 e. The highest BCUT2D eigenvalue weighted by Crippen LogP contribution is 2.17. The van der Waals surface area contributed by atoms with Crippen LogP contribution in [-0.2, 0) is 0 Å². The Morgan fingerprint density at radius 1 is 0.564 bits per heavy atom. The number of benzene rings is 2. The number of nitro groups is 2. The number of aromatic nitrogens is 2. The van der Waals surface area contributed by atoms with Crippen LogP contribution in [0, 0.1) is 20.2 Å². The molecule has 0 spiro atoms. The number of hydrogen-bond donors (Lipinski definition) is 0. The number of nitrogens with zero attached hydrogens (tertiary/aromatic N) is 4. The smallest absolute Gasteiger partial charge is 0.258 e. The Labute approximate surface area is 227 Å². The van der Waals surface area contributed by atoms with Crippen molar-refractivity contribution in [2.24, 2.45) is 0 Å². The molecule has 2 atom stereocenters. The molecule has 2 aromatic heterocycles. The average Bonchev–Trinajstić information content (AvgIpc) is 2.96. The molecule has 8 nitrogen and oxygen atoms in total. The Morgan fingerprint density at radius 2 is 0.846 bits per heavy atom. The van der Waals surface area contributed by atoms with Gasteiger partial charge in [-0.3, -0.25) is 20.2 Å². The summed E-state index contributed by atoms with van der Waals surface area (Å²) in [4.78, 5) is 20.8. The van der Waals surface area contributed by atoms with Gasteiger partial charge in [0.2, 0.25) is 0 Å². The Hall–Kier alpha value is -4.98. The summed E-state index contributed by atoms with van der Waals surface area (Å²) < 4.78 is 4.39. The van der Waals surface area contributed by atoms with Crippen molar-refractivity contribution in [1.29, 1.82) is 0 Å². The van der Waals surface area contributed by atoms with E-state index in [1.807, 2.05) is 24.3 Å². The first kappa shape index (κ1) is 27.1. The number of nitro benzene ring substituents is 2. The van der Waals surface area contributed by atoms with Crippen LogP contribution >= 0.6 is 0 Å². The molecule has 0 fully saturated rings. The van der Waals surface area contributed by atoms with Gasteiger partial charge in [-0.1, -0.05) is 24.3 Å². The zero-order chi connectivity index (χ0) is 27.8. The second kappa shape index (κ2) is 12.5. The second-order valence-corrected chi connectivity index (χ2v) is 9.46. The molecule has 0 saturated heterocycles. The molecule has 0 aliphatic carbocycles. The Balaban J connectivity index is 1.31. The van der Waals surface area contributed by atoms with Crippen LogP contribution in [0.15, 0.2) is 97.6 Å². The van der Waals surface area contributed by atoms with Crippen molar-refractivity contribution >= 4 is 35.7 Å². The highest BCUT2D eigenvalue weighted by molar-refractivity contribution is 5.70. The van der Waals surface area contributed by atoms with E-state index >= 15 is 0 Å². The normalized spacial score (nSPS) is 13.0. The quantitative estimate of drug-likeness (QED) is 0.133. The zero-order valence-corrected chi connectivity index (χ0v) is 21.8. The minimum absolute atomic E-state index is 0.0849. The van der Waals surface area contributed by atoms with Gasteiger partial charge in [-0.2, -0.15) is 0 Å². The van der Waals surface area contributed by atoms with Gasteiger partial charge in [0, 0.05) is 48.5 Å². The highest BCUT2D eigenvalue weighted by Gasteiger charge is 2.21. The maximum atomic E-state index is 10.8. The van der Waals surface area contributed by atoms with Gasteiger partial charge in [0.15, 0.2) is 36.9 Å². The van der Waals surface area contributed by atoms with Crippen LogP contribution in [0.5, 0.6) is 0 Å². The summed E-state index contributed by atoms with van der Waals surface area (Å²) in [5.41, 5.74) is 4.09. The lowest BCUT2D eigenvalue weighted by Crippen LogP contribution is -2.43. The van der Waals surface area contributed by atoms with Gasteiger partial charge in [-0.15, -0.1) is 0 Å². The molecule has 0 aliphatic rings. The van der Waals surface area contributed by atoms with Crippen LogP contribution in [-0.4, -0.2) is 9.85 Å². The summed E-state index contributed by atoms with van der Waals surface area (Å²) in [6.07, 6.45) is 17.1. The first-order valence-electron chi connectivity index (χ1n) is 12.7. The van der Waals surface area contributed by atoms with E-state index < -0.39 is 9.85 Å². The minimum Gasteiger partial charge on any atom is -0.258 e. The first-order chi connectivity index (χ1) is 18.8. The molecular weight excluding hydrogens is 492 g/mol. The van der Waals surface area contributed by atoms with Crippen LogP contribution < -0.4 is 9.13 Å². The third-order valence-corrected chi connectivity index (χ3v) is 6.60. The molecule has 196 valence electrons. The minimum atomic E-state index is -0.400. The molecule has 0 bridgehead atoms. The molecule has 2 aromatic carbocycles. The predicted octanol–water partition coefficient (Wildman–Crippen LogP) is 6.63. The summed E-state index contributed by atoms with van der Waals surface area (Å²) >= 11 is 0. The van der Waals surface area contributed by atoms with Gasteiger partial charge >= 0.3 is 0 Å². The van der Waals surface area contributed by atoms with Crippen molar-refractivity contribution in [1.82, 2.24) is 0 Å². The summed E-state index contributed by atoms with van der Waals surface area (Å²) in [6, 6.07) is 21.8. The van der Waals surface area contributed by atoms with Crippen LogP contribution in [0.4, 0.5) is 11.4 Å². The predicted molar refractivity (Wildman–Crippen MR) is 151 cm³/mol. The van der Waals surface area contributed by atoms with Crippen molar-refractivity contribution in [3.63, 3.8) is 0 Å². The largest absolute Gasteiger partial charge is 0.269 e. The van der Waals surface area contributed by atoms with Crippen molar-refractivity contribution in [2.75, 3.05) is 0 Å². The SMILES string of the molecule is C[C@H](C[C@H](C)[n+]1ccc(/C=C/c2ccc([N+](=O)[O-])cc2)cc1)[n+]1ccc(/C=C/c2ccc([N+](=O)[O-])cc2)cc1. The summed E-state index contributed by atoms with van der Waals surface area (Å²) in [5, 5.41) is 21.6. The van der Waals surface area contributed by atoms with Gasteiger partial charge in [-0.05, 0) is 60.4 Å². The van der Waals surface area contributed by atoms with Gasteiger partial charge in [0.1, 0.15) is 0 Å². The molecule has 2 heterocycles. The molecule has 0 N–H and O–H groups in total. The van der Waals surface area contributed by atoms with E-state index in [0.29, 0.717) is 12.1 Å². The van der Waals surface area contributed by atoms with E-state index in [-0.39, 0.29) is 11.4 Å². The fourth-order valence-corrected chi connectivity index (χ4v) is 4.25.